The van der Waals surface area contributed by atoms with Gasteiger partial charge in [-0.2, -0.15) is 0 Å². The maximum absolute atomic E-state index is 13.0. The third-order valence-electron chi connectivity index (χ3n) is 5.17. The summed E-state index contributed by atoms with van der Waals surface area (Å²) in [6, 6.07) is 19.2. The van der Waals surface area contributed by atoms with Gasteiger partial charge in [-0.15, -0.1) is 0 Å². The molecule has 0 aliphatic heterocycles. The number of hydrogen-bond acceptors (Lipinski definition) is 6. The highest BCUT2D eigenvalue weighted by molar-refractivity contribution is 6.32. The number of aromatic nitrogens is 1. The quantitative estimate of drug-likeness (QED) is 0.308. The lowest BCUT2D eigenvalue weighted by Gasteiger charge is -2.14. The molecule has 1 N–H and O–H groups in total. The molecule has 7 nitrogen and oxygen atoms in total. The third kappa shape index (κ3) is 5.15. The van der Waals surface area contributed by atoms with Gasteiger partial charge in [-0.25, -0.2) is 0 Å². The standard InChI is InChI=1S/C26H23ClN2O5/c1-16-19(17(2)34-29-16)15-32-24-13-12-18(14-25(24)31-3)26(30)28-21-9-5-7-11-23(21)33-22-10-6-4-8-20(22)27/h4-14H,15H2,1-3H3,(H,28,30). The Morgan fingerprint density at radius 3 is 2.41 bits per heavy atom. The molecule has 4 aromatic rings. The van der Waals surface area contributed by atoms with Crippen LogP contribution in [0.25, 0.3) is 0 Å². The van der Waals surface area contributed by atoms with Crippen LogP contribution in [0.4, 0.5) is 5.69 Å². The van der Waals surface area contributed by atoms with E-state index in [1.165, 1.54) is 7.11 Å². The van der Waals surface area contributed by atoms with E-state index in [1.54, 1.807) is 48.5 Å². The van der Waals surface area contributed by atoms with Crippen LogP contribution in [-0.4, -0.2) is 18.2 Å². The Kier molecular flexibility index (Phi) is 7.04. The first-order valence-corrected chi connectivity index (χ1v) is 10.9. The molecule has 3 aromatic carbocycles. The van der Waals surface area contributed by atoms with Gasteiger partial charge in [-0.1, -0.05) is 41.0 Å². The van der Waals surface area contributed by atoms with Gasteiger partial charge in [0.1, 0.15) is 18.1 Å². The number of carbonyl (C=O) groups is 1. The van der Waals surface area contributed by atoms with Crippen molar-refractivity contribution in [3.63, 3.8) is 0 Å². The Morgan fingerprint density at radius 1 is 0.971 bits per heavy atom. The molecule has 1 amide bonds. The van der Waals surface area contributed by atoms with Gasteiger partial charge in [0, 0.05) is 5.56 Å². The second kappa shape index (κ2) is 10.3. The van der Waals surface area contributed by atoms with E-state index in [2.05, 4.69) is 10.5 Å². The number of hydrogen-bond donors (Lipinski definition) is 1. The van der Waals surface area contributed by atoms with Gasteiger partial charge < -0.3 is 24.1 Å². The second-order valence-corrected chi connectivity index (χ2v) is 7.85. The Morgan fingerprint density at radius 2 is 1.71 bits per heavy atom. The minimum absolute atomic E-state index is 0.274. The summed E-state index contributed by atoms with van der Waals surface area (Å²) in [5.74, 6) is 2.26. The maximum Gasteiger partial charge on any atom is 0.255 e. The number of anilines is 1. The average Bonchev–Trinajstić information content (AvgIpc) is 3.17. The van der Waals surface area contributed by atoms with Crippen molar-refractivity contribution in [2.45, 2.75) is 20.5 Å². The molecule has 0 bridgehead atoms. The summed E-state index contributed by atoms with van der Waals surface area (Å²) in [5, 5.41) is 7.28. The van der Waals surface area contributed by atoms with Gasteiger partial charge in [-0.3, -0.25) is 4.79 Å². The van der Waals surface area contributed by atoms with Gasteiger partial charge in [0.25, 0.3) is 5.91 Å². The lowest BCUT2D eigenvalue weighted by molar-refractivity contribution is 0.102. The first kappa shape index (κ1) is 23.2. The zero-order valence-electron chi connectivity index (χ0n) is 18.9. The van der Waals surface area contributed by atoms with Gasteiger partial charge in [0.15, 0.2) is 17.2 Å². The van der Waals surface area contributed by atoms with Crippen molar-refractivity contribution in [3.05, 3.63) is 94.3 Å². The van der Waals surface area contributed by atoms with Gasteiger partial charge >= 0.3 is 0 Å². The minimum atomic E-state index is -0.328. The van der Waals surface area contributed by atoms with E-state index in [0.29, 0.717) is 45.0 Å². The fourth-order valence-corrected chi connectivity index (χ4v) is 3.46. The zero-order valence-corrected chi connectivity index (χ0v) is 19.7. The van der Waals surface area contributed by atoms with Crippen molar-refractivity contribution < 1.29 is 23.5 Å². The smallest absolute Gasteiger partial charge is 0.255 e. The van der Waals surface area contributed by atoms with Crippen molar-refractivity contribution in [1.29, 1.82) is 0 Å². The summed E-state index contributed by atoms with van der Waals surface area (Å²) in [7, 11) is 1.52. The zero-order chi connectivity index (χ0) is 24.1. The van der Waals surface area contributed by atoms with Crippen LogP contribution in [0.2, 0.25) is 5.02 Å². The molecule has 0 atom stereocenters. The molecular formula is C26H23ClN2O5. The Labute approximate surface area is 202 Å². The predicted octanol–water partition coefficient (Wildman–Crippen LogP) is 6.58. The third-order valence-corrected chi connectivity index (χ3v) is 5.48. The Hall–Kier alpha value is -3.97. The molecule has 0 aliphatic rings. The van der Waals surface area contributed by atoms with E-state index in [9.17, 15) is 4.79 Å². The molecule has 1 aromatic heterocycles. The Balaban J connectivity index is 1.50. The molecule has 34 heavy (non-hydrogen) atoms. The molecular weight excluding hydrogens is 456 g/mol. The van der Waals surface area contributed by atoms with Crippen LogP contribution in [0.15, 0.2) is 71.3 Å². The van der Waals surface area contributed by atoms with Crippen molar-refractivity contribution in [2.24, 2.45) is 0 Å². The number of methoxy groups -OCH3 is 1. The number of benzene rings is 3. The van der Waals surface area contributed by atoms with E-state index in [-0.39, 0.29) is 12.5 Å². The van der Waals surface area contributed by atoms with Gasteiger partial charge in [-0.05, 0) is 56.3 Å². The highest BCUT2D eigenvalue weighted by Gasteiger charge is 2.16. The number of para-hydroxylation sites is 3. The number of halogens is 1. The molecule has 0 aliphatic carbocycles. The fraction of sp³-hybridized carbons (Fsp3) is 0.154. The number of carbonyl (C=O) groups excluding carboxylic acids is 1. The van der Waals surface area contributed by atoms with E-state index < -0.39 is 0 Å². The normalized spacial score (nSPS) is 10.6. The molecule has 8 heteroatoms. The first-order chi connectivity index (χ1) is 16.5. The molecule has 0 saturated heterocycles. The summed E-state index contributed by atoms with van der Waals surface area (Å²) in [6.45, 7) is 3.96. The summed E-state index contributed by atoms with van der Waals surface area (Å²) < 4.78 is 22.4. The molecule has 0 saturated carbocycles. The number of ether oxygens (including phenoxy) is 3. The number of nitrogens with zero attached hydrogens (tertiary/aromatic N) is 1. The van der Waals surface area contributed by atoms with Crippen LogP contribution in [0.1, 0.15) is 27.4 Å². The molecule has 4 rings (SSSR count). The van der Waals surface area contributed by atoms with Crippen LogP contribution in [0.5, 0.6) is 23.0 Å². The molecule has 0 radical (unpaired) electrons. The summed E-state index contributed by atoms with van der Waals surface area (Å²) in [5.41, 5.74) is 2.54. The maximum atomic E-state index is 13.0. The lowest BCUT2D eigenvalue weighted by atomic mass is 10.1. The molecule has 174 valence electrons. The van der Waals surface area contributed by atoms with E-state index in [0.717, 1.165) is 11.3 Å². The summed E-state index contributed by atoms with van der Waals surface area (Å²) >= 11 is 6.21. The van der Waals surface area contributed by atoms with Crippen LogP contribution in [0, 0.1) is 13.8 Å². The van der Waals surface area contributed by atoms with Crippen LogP contribution >= 0.6 is 11.6 Å². The Bertz CT molecular complexity index is 1300. The van der Waals surface area contributed by atoms with Crippen molar-refractivity contribution in [1.82, 2.24) is 5.16 Å². The van der Waals surface area contributed by atoms with Crippen LogP contribution in [0.3, 0.4) is 0 Å². The predicted molar refractivity (Wildman–Crippen MR) is 129 cm³/mol. The monoisotopic (exact) mass is 478 g/mol. The van der Waals surface area contributed by atoms with E-state index in [4.69, 9.17) is 30.3 Å². The fourth-order valence-electron chi connectivity index (χ4n) is 3.29. The van der Waals surface area contributed by atoms with Gasteiger partial charge in [0.2, 0.25) is 0 Å². The molecule has 0 spiro atoms. The summed E-state index contributed by atoms with van der Waals surface area (Å²) in [6.07, 6.45) is 0. The second-order valence-electron chi connectivity index (χ2n) is 7.44. The van der Waals surface area contributed by atoms with Gasteiger partial charge in [0.05, 0.1) is 29.1 Å². The van der Waals surface area contributed by atoms with Crippen molar-refractivity contribution in [2.75, 3.05) is 12.4 Å². The van der Waals surface area contributed by atoms with E-state index >= 15 is 0 Å². The SMILES string of the molecule is COc1cc(C(=O)Nc2ccccc2Oc2ccccc2Cl)ccc1OCc1c(C)noc1C. The number of rotatable bonds is 8. The minimum Gasteiger partial charge on any atom is -0.493 e. The van der Waals surface area contributed by atoms with Crippen molar-refractivity contribution in [3.8, 4) is 23.0 Å². The topological polar surface area (TPSA) is 82.8 Å². The molecule has 0 fully saturated rings. The largest absolute Gasteiger partial charge is 0.493 e. The van der Waals surface area contributed by atoms with Crippen molar-refractivity contribution >= 4 is 23.2 Å². The first-order valence-electron chi connectivity index (χ1n) is 10.5. The van der Waals surface area contributed by atoms with Crippen LogP contribution < -0.4 is 19.5 Å². The highest BCUT2D eigenvalue weighted by atomic mass is 35.5. The van der Waals surface area contributed by atoms with E-state index in [1.807, 2.05) is 32.0 Å². The number of nitrogens with one attached hydrogen (secondary N) is 1. The number of aryl methyl sites for hydroxylation is 2. The molecule has 1 heterocycles. The lowest BCUT2D eigenvalue weighted by Crippen LogP contribution is -2.13. The molecule has 0 unspecified atom stereocenters. The number of amides is 1. The van der Waals surface area contributed by atoms with Crippen LogP contribution in [-0.2, 0) is 6.61 Å². The average molecular weight is 479 g/mol. The highest BCUT2D eigenvalue weighted by Crippen LogP contribution is 2.34. The summed E-state index contributed by atoms with van der Waals surface area (Å²) in [4.78, 5) is 13.0.